The molecule has 0 aromatic rings. The number of carbonyl (C=O) groups is 2. The van der Waals surface area contributed by atoms with Gasteiger partial charge in [-0.25, -0.2) is 0 Å². The highest BCUT2D eigenvalue weighted by Gasteiger charge is 2.17. The maximum atomic E-state index is 12.6. The van der Waals surface area contributed by atoms with Gasteiger partial charge in [-0.3, -0.25) is 9.59 Å². The van der Waals surface area contributed by atoms with Gasteiger partial charge in [-0.1, -0.05) is 178 Å². The molecule has 0 amide bonds. The van der Waals surface area contributed by atoms with Crippen molar-refractivity contribution in [3.8, 4) is 0 Å². The van der Waals surface area contributed by atoms with Crippen LogP contribution in [0, 0.1) is 0 Å². The van der Waals surface area contributed by atoms with E-state index in [1.165, 1.54) is 96.3 Å². The summed E-state index contributed by atoms with van der Waals surface area (Å²) in [6.07, 6.45) is 55.2. The summed E-state index contributed by atoms with van der Waals surface area (Å²) < 4.78 is 17.2. The summed E-state index contributed by atoms with van der Waals surface area (Å²) in [5, 5.41) is 0. The summed E-state index contributed by atoms with van der Waals surface area (Å²) in [5.74, 6) is -0.440. The van der Waals surface area contributed by atoms with Crippen LogP contribution in [0.15, 0.2) is 60.8 Å². The Labute approximate surface area is 334 Å². The molecule has 0 saturated carbocycles. The van der Waals surface area contributed by atoms with Gasteiger partial charge in [-0.05, 0) is 83.5 Å². The number of allylic oxidation sites excluding steroid dienone is 10. The second-order valence-electron chi connectivity index (χ2n) is 14.9. The second kappa shape index (κ2) is 45.0. The van der Waals surface area contributed by atoms with Crippen LogP contribution in [-0.4, -0.2) is 37.9 Å². The first-order valence-electron chi connectivity index (χ1n) is 22.8. The topological polar surface area (TPSA) is 61.8 Å². The first-order chi connectivity index (χ1) is 26.6. The van der Waals surface area contributed by atoms with E-state index in [-0.39, 0.29) is 25.2 Å². The van der Waals surface area contributed by atoms with Gasteiger partial charge in [0.1, 0.15) is 6.61 Å². The zero-order valence-electron chi connectivity index (χ0n) is 35.7. The number of unbranched alkanes of at least 4 members (excludes halogenated alkanes) is 20. The average molecular weight is 755 g/mol. The van der Waals surface area contributed by atoms with E-state index in [0.717, 1.165) is 83.5 Å². The zero-order chi connectivity index (χ0) is 39.3. The molecular formula is C49H86O5. The third-order valence-corrected chi connectivity index (χ3v) is 9.54. The molecule has 0 aliphatic carbocycles. The maximum absolute atomic E-state index is 12.6. The number of hydrogen-bond acceptors (Lipinski definition) is 5. The highest BCUT2D eigenvalue weighted by atomic mass is 16.6. The first kappa shape index (κ1) is 51.6. The minimum Gasteiger partial charge on any atom is -0.462 e. The van der Waals surface area contributed by atoms with Gasteiger partial charge in [0, 0.05) is 19.4 Å². The summed E-state index contributed by atoms with van der Waals surface area (Å²) in [7, 11) is 0. The van der Waals surface area contributed by atoms with E-state index in [4.69, 9.17) is 14.2 Å². The van der Waals surface area contributed by atoms with Gasteiger partial charge in [0.05, 0.1) is 6.61 Å². The monoisotopic (exact) mass is 755 g/mol. The molecule has 0 spiro atoms. The summed E-state index contributed by atoms with van der Waals surface area (Å²) in [6.45, 7) is 7.61. The van der Waals surface area contributed by atoms with Crippen molar-refractivity contribution in [2.45, 2.75) is 219 Å². The fourth-order valence-corrected chi connectivity index (χ4v) is 6.14. The standard InChI is InChI=1S/C49H86O5/c1-4-7-10-13-16-18-20-22-23-24-25-26-28-30-32-35-38-41-44-52-45-47(54-49(51)43-40-37-33-15-12-9-6-3)46-53-48(50)42-39-36-34-31-29-27-21-19-17-14-11-8-5-2/h8,11,16-19,22-23,27,29,47H,4-7,9-10,12-15,20-21,24-26,28,30-46H2,1-3H3/b11-8-,18-16-,19-17-,23-22-,29-27-. The van der Waals surface area contributed by atoms with Crippen LogP contribution in [-0.2, 0) is 23.8 Å². The van der Waals surface area contributed by atoms with Crippen LogP contribution in [0.1, 0.15) is 213 Å². The number of ether oxygens (including phenoxy) is 3. The molecule has 1 unspecified atom stereocenters. The second-order valence-corrected chi connectivity index (χ2v) is 14.9. The Hall–Kier alpha value is -2.40. The third kappa shape index (κ3) is 42.3. The molecule has 0 aliphatic heterocycles. The number of rotatable bonds is 41. The minimum atomic E-state index is -0.547. The normalized spacial score (nSPS) is 12.7. The lowest BCUT2D eigenvalue weighted by atomic mass is 10.1. The predicted octanol–water partition coefficient (Wildman–Crippen LogP) is 15.0. The highest BCUT2D eigenvalue weighted by Crippen LogP contribution is 2.13. The van der Waals surface area contributed by atoms with Crippen molar-refractivity contribution in [2.24, 2.45) is 0 Å². The third-order valence-electron chi connectivity index (χ3n) is 9.54. The molecule has 0 aromatic heterocycles. The molecule has 5 heteroatoms. The molecule has 0 N–H and O–H groups in total. The van der Waals surface area contributed by atoms with E-state index in [1.54, 1.807) is 0 Å². The average Bonchev–Trinajstić information content (AvgIpc) is 3.17. The fourth-order valence-electron chi connectivity index (χ4n) is 6.14. The van der Waals surface area contributed by atoms with Crippen molar-refractivity contribution in [1.82, 2.24) is 0 Å². The van der Waals surface area contributed by atoms with Crippen LogP contribution in [0.5, 0.6) is 0 Å². The van der Waals surface area contributed by atoms with Crippen LogP contribution >= 0.6 is 0 Å². The van der Waals surface area contributed by atoms with Crippen molar-refractivity contribution in [1.29, 1.82) is 0 Å². The molecule has 0 aliphatic rings. The molecule has 0 bridgehead atoms. The lowest BCUT2D eigenvalue weighted by Crippen LogP contribution is -2.30. The van der Waals surface area contributed by atoms with Gasteiger partial charge in [0.15, 0.2) is 6.10 Å². The van der Waals surface area contributed by atoms with E-state index in [2.05, 4.69) is 81.5 Å². The van der Waals surface area contributed by atoms with E-state index in [0.29, 0.717) is 19.4 Å². The van der Waals surface area contributed by atoms with Gasteiger partial charge >= 0.3 is 11.9 Å². The van der Waals surface area contributed by atoms with Crippen LogP contribution in [0.2, 0.25) is 0 Å². The molecule has 312 valence electrons. The van der Waals surface area contributed by atoms with E-state index < -0.39 is 6.10 Å². The minimum absolute atomic E-state index is 0.0675. The SMILES string of the molecule is CC/C=C\C/C=C\C/C=C\CCCCCC(=O)OCC(COCCCCCCCCCC/C=C\C/C=C\CCCCC)OC(=O)CCCCCCCCC. The Kier molecular flexibility index (Phi) is 43.0. The van der Waals surface area contributed by atoms with Crippen LogP contribution in [0.4, 0.5) is 0 Å². The van der Waals surface area contributed by atoms with Crippen molar-refractivity contribution in [2.75, 3.05) is 19.8 Å². The molecule has 1 atom stereocenters. The predicted molar refractivity (Wildman–Crippen MR) is 233 cm³/mol. The number of hydrogen-bond donors (Lipinski definition) is 0. The molecule has 0 saturated heterocycles. The lowest BCUT2D eigenvalue weighted by molar-refractivity contribution is -0.163. The van der Waals surface area contributed by atoms with Crippen molar-refractivity contribution in [3.63, 3.8) is 0 Å². The zero-order valence-corrected chi connectivity index (χ0v) is 35.7. The Balaban J connectivity index is 4.18. The molecule has 54 heavy (non-hydrogen) atoms. The van der Waals surface area contributed by atoms with Crippen LogP contribution < -0.4 is 0 Å². The smallest absolute Gasteiger partial charge is 0.306 e. The molecule has 0 fully saturated rings. The number of esters is 2. The van der Waals surface area contributed by atoms with E-state index in [1.807, 2.05) is 0 Å². The van der Waals surface area contributed by atoms with Gasteiger partial charge in [-0.15, -0.1) is 0 Å². The number of carbonyl (C=O) groups excluding carboxylic acids is 2. The maximum Gasteiger partial charge on any atom is 0.306 e. The molecule has 0 radical (unpaired) electrons. The van der Waals surface area contributed by atoms with Gasteiger partial charge < -0.3 is 14.2 Å². The molecule has 5 nitrogen and oxygen atoms in total. The quantitative estimate of drug-likeness (QED) is 0.0353. The summed E-state index contributed by atoms with van der Waals surface area (Å²) >= 11 is 0. The van der Waals surface area contributed by atoms with Gasteiger partial charge in [0.2, 0.25) is 0 Å². The van der Waals surface area contributed by atoms with Gasteiger partial charge in [-0.2, -0.15) is 0 Å². The molecule has 0 rings (SSSR count). The Morgan fingerprint density at radius 2 is 0.833 bits per heavy atom. The first-order valence-corrected chi connectivity index (χ1v) is 22.8. The Morgan fingerprint density at radius 3 is 1.39 bits per heavy atom. The Bertz CT molecular complexity index is 946. The van der Waals surface area contributed by atoms with Crippen molar-refractivity contribution < 1.29 is 23.8 Å². The highest BCUT2D eigenvalue weighted by molar-refractivity contribution is 5.70. The summed E-state index contributed by atoms with van der Waals surface area (Å²) in [5.41, 5.74) is 0. The fraction of sp³-hybridized carbons (Fsp3) is 0.755. The van der Waals surface area contributed by atoms with Crippen molar-refractivity contribution in [3.05, 3.63) is 60.8 Å². The summed E-state index contributed by atoms with van der Waals surface area (Å²) in [6, 6.07) is 0. The van der Waals surface area contributed by atoms with E-state index in [9.17, 15) is 9.59 Å². The Morgan fingerprint density at radius 1 is 0.426 bits per heavy atom. The van der Waals surface area contributed by atoms with Crippen molar-refractivity contribution >= 4 is 11.9 Å². The molecular weight excluding hydrogens is 669 g/mol. The van der Waals surface area contributed by atoms with Crippen LogP contribution in [0.3, 0.4) is 0 Å². The molecule has 0 aromatic carbocycles. The van der Waals surface area contributed by atoms with Crippen LogP contribution in [0.25, 0.3) is 0 Å². The van der Waals surface area contributed by atoms with E-state index >= 15 is 0 Å². The molecule has 0 heterocycles. The lowest BCUT2D eigenvalue weighted by Gasteiger charge is -2.18. The summed E-state index contributed by atoms with van der Waals surface area (Å²) in [4.78, 5) is 25.1. The largest absolute Gasteiger partial charge is 0.462 e. The van der Waals surface area contributed by atoms with Gasteiger partial charge in [0.25, 0.3) is 0 Å².